The van der Waals surface area contributed by atoms with Gasteiger partial charge < -0.3 is 4.57 Å². The van der Waals surface area contributed by atoms with Crippen molar-refractivity contribution >= 4 is 46.0 Å². The molecule has 0 aliphatic rings. The number of para-hydroxylation sites is 2. The van der Waals surface area contributed by atoms with Gasteiger partial charge in [0.25, 0.3) is 5.91 Å². The lowest BCUT2D eigenvalue weighted by Crippen LogP contribution is -2.13. The lowest BCUT2D eigenvalue weighted by atomic mass is 10.3. The van der Waals surface area contributed by atoms with Gasteiger partial charge in [0, 0.05) is 7.05 Å². The van der Waals surface area contributed by atoms with Gasteiger partial charge in [-0.3, -0.25) is 10.1 Å². The number of aryl methyl sites for hydroxylation is 1. The lowest BCUT2D eigenvalue weighted by Gasteiger charge is -2.03. The Hall–Kier alpha value is -1.79. The molecule has 4 nitrogen and oxygen atoms in total. The van der Waals surface area contributed by atoms with Gasteiger partial charge in [-0.1, -0.05) is 12.1 Å². The van der Waals surface area contributed by atoms with E-state index in [1.807, 2.05) is 54.3 Å². The van der Waals surface area contributed by atoms with Crippen LogP contribution in [0.3, 0.4) is 0 Å². The number of carbonyl (C=O) groups is 1. The summed E-state index contributed by atoms with van der Waals surface area (Å²) >= 11 is 3.12. The van der Waals surface area contributed by atoms with Crippen molar-refractivity contribution in [1.29, 1.82) is 0 Å². The Labute approximate surface area is 124 Å². The largest absolute Gasteiger partial charge is 0.313 e. The van der Waals surface area contributed by atoms with E-state index in [0.717, 1.165) is 15.2 Å². The SMILES string of the molecule is CSc1ccc(C(=O)Nc2nc3ccccc3n2C)s1. The van der Waals surface area contributed by atoms with Crippen LogP contribution in [0.4, 0.5) is 5.95 Å². The number of anilines is 1. The smallest absolute Gasteiger partial charge is 0.268 e. The molecule has 6 heteroatoms. The van der Waals surface area contributed by atoms with Crippen LogP contribution in [0.1, 0.15) is 9.67 Å². The first-order valence-electron chi connectivity index (χ1n) is 6.05. The molecule has 0 fully saturated rings. The number of carbonyl (C=O) groups excluding carboxylic acids is 1. The summed E-state index contributed by atoms with van der Waals surface area (Å²) < 4.78 is 3.01. The number of hydrogen-bond donors (Lipinski definition) is 1. The molecule has 1 aromatic carbocycles. The molecule has 0 aliphatic carbocycles. The second-order valence-electron chi connectivity index (χ2n) is 4.26. The highest BCUT2D eigenvalue weighted by molar-refractivity contribution is 8.00. The van der Waals surface area contributed by atoms with Gasteiger partial charge >= 0.3 is 0 Å². The van der Waals surface area contributed by atoms with E-state index in [4.69, 9.17) is 0 Å². The highest BCUT2D eigenvalue weighted by Gasteiger charge is 2.13. The summed E-state index contributed by atoms with van der Waals surface area (Å²) in [4.78, 5) is 17.3. The number of nitrogens with zero attached hydrogens (tertiary/aromatic N) is 2. The average Bonchev–Trinajstić information content (AvgIpc) is 3.05. The zero-order valence-corrected chi connectivity index (χ0v) is 12.7. The predicted octanol–water partition coefficient (Wildman–Crippen LogP) is 3.61. The minimum atomic E-state index is -0.117. The quantitative estimate of drug-likeness (QED) is 0.752. The molecule has 0 spiro atoms. The highest BCUT2D eigenvalue weighted by atomic mass is 32.2. The van der Waals surface area contributed by atoms with Crippen LogP contribution in [-0.4, -0.2) is 21.7 Å². The second kappa shape index (κ2) is 5.30. The fourth-order valence-electron chi connectivity index (χ4n) is 1.97. The molecule has 3 aromatic rings. The van der Waals surface area contributed by atoms with Crippen LogP contribution < -0.4 is 5.32 Å². The number of fused-ring (bicyclic) bond motifs is 1. The van der Waals surface area contributed by atoms with Gasteiger partial charge in [0.05, 0.1) is 20.1 Å². The van der Waals surface area contributed by atoms with Crippen molar-refractivity contribution in [3.05, 3.63) is 41.3 Å². The molecule has 0 atom stereocenters. The zero-order valence-electron chi connectivity index (χ0n) is 11.1. The second-order valence-corrected chi connectivity index (χ2v) is 6.45. The van der Waals surface area contributed by atoms with Crippen LogP contribution in [-0.2, 0) is 7.05 Å². The van der Waals surface area contributed by atoms with Crippen LogP contribution in [0.5, 0.6) is 0 Å². The Morgan fingerprint density at radius 2 is 2.10 bits per heavy atom. The summed E-state index contributed by atoms with van der Waals surface area (Å²) in [7, 11) is 1.90. The summed E-state index contributed by atoms with van der Waals surface area (Å²) in [5, 5.41) is 2.87. The Balaban J connectivity index is 1.89. The van der Waals surface area contributed by atoms with E-state index in [0.29, 0.717) is 10.8 Å². The molecule has 102 valence electrons. The van der Waals surface area contributed by atoms with E-state index in [-0.39, 0.29) is 5.91 Å². The van der Waals surface area contributed by atoms with Crippen LogP contribution in [0, 0.1) is 0 Å². The molecule has 0 saturated heterocycles. The van der Waals surface area contributed by atoms with Crippen LogP contribution in [0.25, 0.3) is 11.0 Å². The molecule has 0 bridgehead atoms. The highest BCUT2D eigenvalue weighted by Crippen LogP contribution is 2.26. The maximum absolute atomic E-state index is 12.2. The number of aromatic nitrogens is 2. The fourth-order valence-corrected chi connectivity index (χ4v) is 3.41. The molecule has 3 rings (SSSR count). The molecule has 20 heavy (non-hydrogen) atoms. The third kappa shape index (κ3) is 2.32. The molecular weight excluding hydrogens is 290 g/mol. The molecule has 2 heterocycles. The summed E-state index contributed by atoms with van der Waals surface area (Å²) in [5.41, 5.74) is 1.88. The van der Waals surface area contributed by atoms with Crippen molar-refractivity contribution in [2.45, 2.75) is 4.21 Å². The molecule has 0 unspecified atom stereocenters. The number of amides is 1. The fraction of sp³-hybridized carbons (Fsp3) is 0.143. The standard InChI is InChI=1S/C14H13N3OS2/c1-17-10-6-4-3-5-9(10)15-14(17)16-13(18)11-7-8-12(19-2)20-11/h3-8H,1-2H3,(H,15,16,18). The Kier molecular flexibility index (Phi) is 3.50. The predicted molar refractivity (Wildman–Crippen MR) is 84.8 cm³/mol. The summed E-state index contributed by atoms with van der Waals surface area (Å²) in [6.45, 7) is 0. The first-order chi connectivity index (χ1) is 9.69. The van der Waals surface area contributed by atoms with Crippen molar-refractivity contribution < 1.29 is 4.79 Å². The van der Waals surface area contributed by atoms with E-state index in [1.165, 1.54) is 11.3 Å². The van der Waals surface area contributed by atoms with E-state index < -0.39 is 0 Å². The first kappa shape index (κ1) is 13.2. The van der Waals surface area contributed by atoms with Crippen molar-refractivity contribution in [1.82, 2.24) is 9.55 Å². The van der Waals surface area contributed by atoms with E-state index in [1.54, 1.807) is 11.8 Å². The Morgan fingerprint density at radius 3 is 2.80 bits per heavy atom. The number of rotatable bonds is 3. The van der Waals surface area contributed by atoms with Gasteiger partial charge in [-0.2, -0.15) is 0 Å². The van der Waals surface area contributed by atoms with E-state index >= 15 is 0 Å². The van der Waals surface area contributed by atoms with Gasteiger partial charge in [0.2, 0.25) is 5.95 Å². The number of imidazole rings is 1. The summed E-state index contributed by atoms with van der Waals surface area (Å²) in [6.07, 6.45) is 2.00. The van der Waals surface area contributed by atoms with Crippen LogP contribution in [0.2, 0.25) is 0 Å². The Morgan fingerprint density at radius 1 is 1.30 bits per heavy atom. The average molecular weight is 303 g/mol. The number of benzene rings is 1. The van der Waals surface area contributed by atoms with Crippen molar-refractivity contribution in [3.8, 4) is 0 Å². The zero-order chi connectivity index (χ0) is 14.1. The third-order valence-electron chi connectivity index (χ3n) is 3.02. The summed E-state index contributed by atoms with van der Waals surface area (Å²) in [6, 6.07) is 11.6. The molecule has 2 aromatic heterocycles. The maximum Gasteiger partial charge on any atom is 0.268 e. The molecule has 1 amide bonds. The first-order valence-corrected chi connectivity index (χ1v) is 8.10. The van der Waals surface area contributed by atoms with E-state index in [9.17, 15) is 4.79 Å². The topological polar surface area (TPSA) is 46.9 Å². The molecule has 1 N–H and O–H groups in total. The van der Waals surface area contributed by atoms with Crippen molar-refractivity contribution in [2.24, 2.45) is 7.05 Å². The van der Waals surface area contributed by atoms with E-state index in [2.05, 4.69) is 10.3 Å². The van der Waals surface area contributed by atoms with Gasteiger partial charge in [-0.15, -0.1) is 23.1 Å². The molecule has 0 saturated carbocycles. The normalized spacial score (nSPS) is 10.9. The third-order valence-corrected chi connectivity index (χ3v) is 5.19. The Bertz CT molecular complexity index is 776. The van der Waals surface area contributed by atoms with Crippen molar-refractivity contribution in [2.75, 3.05) is 11.6 Å². The van der Waals surface area contributed by atoms with Crippen LogP contribution >= 0.6 is 23.1 Å². The van der Waals surface area contributed by atoms with Gasteiger partial charge in [0.15, 0.2) is 0 Å². The monoisotopic (exact) mass is 303 g/mol. The molecule has 0 aliphatic heterocycles. The minimum Gasteiger partial charge on any atom is -0.313 e. The number of nitrogens with one attached hydrogen (secondary N) is 1. The van der Waals surface area contributed by atoms with Gasteiger partial charge in [-0.25, -0.2) is 4.98 Å². The molecule has 0 radical (unpaired) electrons. The summed E-state index contributed by atoms with van der Waals surface area (Å²) in [5.74, 6) is 0.448. The van der Waals surface area contributed by atoms with Crippen molar-refractivity contribution in [3.63, 3.8) is 0 Å². The van der Waals surface area contributed by atoms with Gasteiger partial charge in [-0.05, 0) is 30.5 Å². The number of thiophene rings is 1. The van der Waals surface area contributed by atoms with Gasteiger partial charge in [0.1, 0.15) is 0 Å². The minimum absolute atomic E-state index is 0.117. The maximum atomic E-state index is 12.2. The molecular formula is C14H13N3OS2. The number of hydrogen-bond acceptors (Lipinski definition) is 4. The number of thioether (sulfide) groups is 1. The van der Waals surface area contributed by atoms with Crippen LogP contribution in [0.15, 0.2) is 40.6 Å². The lowest BCUT2D eigenvalue weighted by molar-refractivity contribution is 0.102.